The Hall–Kier alpha value is -2.25. The van der Waals surface area contributed by atoms with Gasteiger partial charge in [0, 0.05) is 25.2 Å². The van der Waals surface area contributed by atoms with E-state index < -0.39 is 10.0 Å². The summed E-state index contributed by atoms with van der Waals surface area (Å²) in [4.78, 5) is 0.140. The van der Waals surface area contributed by atoms with E-state index in [-0.39, 0.29) is 11.4 Å². The van der Waals surface area contributed by atoms with Gasteiger partial charge in [-0.1, -0.05) is 18.2 Å². The molecule has 2 rings (SSSR count). The van der Waals surface area contributed by atoms with E-state index in [1.807, 2.05) is 31.2 Å². The number of para-hydroxylation sites is 1. The van der Waals surface area contributed by atoms with Gasteiger partial charge in [-0.25, -0.2) is 8.42 Å². The Morgan fingerprint density at radius 3 is 2.28 bits per heavy atom. The van der Waals surface area contributed by atoms with E-state index in [4.69, 9.17) is 14.2 Å². The number of benzene rings is 2. The van der Waals surface area contributed by atoms with Gasteiger partial charge in [0.05, 0.1) is 25.7 Å². The van der Waals surface area contributed by atoms with Crippen molar-refractivity contribution < 1.29 is 22.6 Å². The van der Waals surface area contributed by atoms with Crippen LogP contribution in [0.2, 0.25) is 0 Å². The second-order valence-electron chi connectivity index (χ2n) is 5.32. The summed E-state index contributed by atoms with van der Waals surface area (Å²) in [5, 5.41) is 0. The molecule has 0 N–H and O–H groups in total. The summed E-state index contributed by atoms with van der Waals surface area (Å²) in [6, 6.07) is 11.9. The molecule has 0 aliphatic heterocycles. The molecule has 0 atom stereocenters. The molecule has 0 saturated carbocycles. The standard InChI is InChI=1S/C18H23NO5S/c1-5-24-16-9-7-6-8-14(16)13-19(2)25(20,21)15-10-11-17(22-3)18(12-15)23-4/h6-12H,5,13H2,1-4H3. The van der Waals surface area contributed by atoms with Gasteiger partial charge in [-0.2, -0.15) is 4.31 Å². The molecule has 25 heavy (non-hydrogen) atoms. The predicted octanol–water partition coefficient (Wildman–Crippen LogP) is 2.92. The lowest BCUT2D eigenvalue weighted by Crippen LogP contribution is -2.26. The fourth-order valence-corrected chi connectivity index (χ4v) is 3.58. The van der Waals surface area contributed by atoms with Crippen LogP contribution in [-0.2, 0) is 16.6 Å². The van der Waals surface area contributed by atoms with E-state index in [1.54, 1.807) is 6.07 Å². The molecule has 0 saturated heterocycles. The zero-order valence-electron chi connectivity index (χ0n) is 14.9. The zero-order valence-corrected chi connectivity index (χ0v) is 15.7. The number of hydrogen-bond acceptors (Lipinski definition) is 5. The second kappa shape index (κ2) is 8.22. The third-order valence-electron chi connectivity index (χ3n) is 3.73. The largest absolute Gasteiger partial charge is 0.494 e. The minimum absolute atomic E-state index is 0.140. The highest BCUT2D eigenvalue weighted by atomic mass is 32.2. The minimum Gasteiger partial charge on any atom is -0.494 e. The number of rotatable bonds is 8. The van der Waals surface area contributed by atoms with Crippen molar-refractivity contribution in [1.82, 2.24) is 4.31 Å². The summed E-state index contributed by atoms with van der Waals surface area (Å²) in [6.45, 7) is 2.61. The highest BCUT2D eigenvalue weighted by molar-refractivity contribution is 7.89. The molecule has 0 unspecified atom stereocenters. The summed E-state index contributed by atoms with van der Waals surface area (Å²) < 4.78 is 42.9. The van der Waals surface area contributed by atoms with E-state index in [1.165, 1.54) is 37.7 Å². The van der Waals surface area contributed by atoms with Gasteiger partial charge in [0.15, 0.2) is 11.5 Å². The van der Waals surface area contributed by atoms with Gasteiger partial charge < -0.3 is 14.2 Å². The molecule has 0 bridgehead atoms. The van der Waals surface area contributed by atoms with Gasteiger partial charge in [0.1, 0.15) is 5.75 Å². The van der Waals surface area contributed by atoms with Crippen LogP contribution in [-0.4, -0.2) is 40.6 Å². The molecular formula is C18H23NO5S. The van der Waals surface area contributed by atoms with Crippen molar-refractivity contribution in [3.8, 4) is 17.2 Å². The van der Waals surface area contributed by atoms with Crippen LogP contribution in [0.3, 0.4) is 0 Å². The lowest BCUT2D eigenvalue weighted by atomic mass is 10.2. The van der Waals surface area contributed by atoms with E-state index in [0.29, 0.717) is 23.9 Å². The number of methoxy groups -OCH3 is 2. The molecule has 0 spiro atoms. The molecule has 2 aromatic carbocycles. The molecule has 0 aliphatic carbocycles. The van der Waals surface area contributed by atoms with Crippen molar-refractivity contribution in [3.63, 3.8) is 0 Å². The first-order valence-electron chi connectivity index (χ1n) is 7.83. The van der Waals surface area contributed by atoms with Gasteiger partial charge in [-0.3, -0.25) is 0 Å². The van der Waals surface area contributed by atoms with Crippen LogP contribution in [0.1, 0.15) is 12.5 Å². The zero-order chi connectivity index (χ0) is 18.4. The van der Waals surface area contributed by atoms with Crippen molar-refractivity contribution in [2.75, 3.05) is 27.9 Å². The van der Waals surface area contributed by atoms with Crippen LogP contribution in [0.4, 0.5) is 0 Å². The summed E-state index contributed by atoms with van der Waals surface area (Å²) >= 11 is 0. The number of sulfonamides is 1. The Morgan fingerprint density at radius 2 is 1.64 bits per heavy atom. The molecule has 2 aromatic rings. The van der Waals surface area contributed by atoms with Crippen molar-refractivity contribution in [2.24, 2.45) is 0 Å². The maximum Gasteiger partial charge on any atom is 0.243 e. The van der Waals surface area contributed by atoms with Gasteiger partial charge in [0.25, 0.3) is 0 Å². The normalized spacial score (nSPS) is 11.4. The third kappa shape index (κ3) is 4.24. The average molecular weight is 365 g/mol. The highest BCUT2D eigenvalue weighted by Crippen LogP contribution is 2.31. The number of ether oxygens (including phenoxy) is 3. The van der Waals surface area contributed by atoms with E-state index in [2.05, 4.69) is 0 Å². The Morgan fingerprint density at radius 1 is 0.960 bits per heavy atom. The van der Waals surface area contributed by atoms with E-state index >= 15 is 0 Å². The summed E-state index contributed by atoms with van der Waals surface area (Å²) in [6.07, 6.45) is 0. The van der Waals surface area contributed by atoms with Gasteiger partial charge in [0.2, 0.25) is 10.0 Å². The molecule has 0 aliphatic rings. The number of nitrogens with zero attached hydrogens (tertiary/aromatic N) is 1. The monoisotopic (exact) mass is 365 g/mol. The Balaban J connectivity index is 2.31. The summed E-state index contributed by atoms with van der Waals surface area (Å²) in [5.41, 5.74) is 0.802. The molecule has 0 amide bonds. The van der Waals surface area contributed by atoms with Crippen molar-refractivity contribution >= 4 is 10.0 Å². The fourth-order valence-electron chi connectivity index (χ4n) is 2.41. The van der Waals surface area contributed by atoms with Crippen molar-refractivity contribution in [3.05, 3.63) is 48.0 Å². The summed E-state index contributed by atoms with van der Waals surface area (Å²) in [7, 11) is 0.824. The maximum atomic E-state index is 12.9. The van der Waals surface area contributed by atoms with Crippen LogP contribution in [0.25, 0.3) is 0 Å². The molecule has 0 fully saturated rings. The topological polar surface area (TPSA) is 65.1 Å². The molecule has 0 aromatic heterocycles. The molecule has 6 nitrogen and oxygen atoms in total. The van der Waals surface area contributed by atoms with Crippen LogP contribution in [0.5, 0.6) is 17.2 Å². The Labute approximate surface area is 149 Å². The maximum absolute atomic E-state index is 12.9. The lowest BCUT2D eigenvalue weighted by Gasteiger charge is -2.20. The molecule has 0 heterocycles. The van der Waals surface area contributed by atoms with E-state index in [0.717, 1.165) is 5.56 Å². The van der Waals surface area contributed by atoms with Crippen LogP contribution >= 0.6 is 0 Å². The van der Waals surface area contributed by atoms with Crippen LogP contribution < -0.4 is 14.2 Å². The smallest absolute Gasteiger partial charge is 0.243 e. The van der Waals surface area contributed by atoms with Gasteiger partial charge in [-0.05, 0) is 25.1 Å². The number of hydrogen-bond donors (Lipinski definition) is 0. The molecule has 136 valence electrons. The molecule has 7 heteroatoms. The Kier molecular flexibility index (Phi) is 6.27. The predicted molar refractivity (Wildman–Crippen MR) is 95.8 cm³/mol. The first-order valence-corrected chi connectivity index (χ1v) is 9.27. The first-order chi connectivity index (χ1) is 11.9. The highest BCUT2D eigenvalue weighted by Gasteiger charge is 2.23. The Bertz CT molecular complexity index is 820. The van der Waals surface area contributed by atoms with E-state index in [9.17, 15) is 8.42 Å². The molecule has 0 radical (unpaired) electrons. The average Bonchev–Trinajstić information content (AvgIpc) is 2.62. The SMILES string of the molecule is CCOc1ccccc1CN(C)S(=O)(=O)c1ccc(OC)c(OC)c1. The lowest BCUT2D eigenvalue weighted by molar-refractivity contribution is 0.332. The van der Waals surface area contributed by atoms with Gasteiger partial charge >= 0.3 is 0 Å². The molecular weight excluding hydrogens is 342 g/mol. The first kappa shape index (κ1) is 19.1. The third-order valence-corrected chi connectivity index (χ3v) is 5.53. The fraction of sp³-hybridized carbons (Fsp3) is 0.333. The van der Waals surface area contributed by atoms with Crippen LogP contribution in [0.15, 0.2) is 47.4 Å². The summed E-state index contributed by atoms with van der Waals surface area (Å²) in [5.74, 6) is 1.52. The van der Waals surface area contributed by atoms with Crippen LogP contribution in [0, 0.1) is 0 Å². The van der Waals surface area contributed by atoms with Gasteiger partial charge in [-0.15, -0.1) is 0 Å². The van der Waals surface area contributed by atoms with Crippen molar-refractivity contribution in [2.45, 2.75) is 18.4 Å². The minimum atomic E-state index is -3.68. The van der Waals surface area contributed by atoms with Crippen molar-refractivity contribution in [1.29, 1.82) is 0 Å². The second-order valence-corrected chi connectivity index (χ2v) is 7.36. The quantitative estimate of drug-likeness (QED) is 0.720.